The fourth-order valence-electron chi connectivity index (χ4n) is 1.63. The summed E-state index contributed by atoms with van der Waals surface area (Å²) in [6.45, 7) is 9.81. The molecule has 0 bridgehead atoms. The Bertz CT molecular complexity index is 408. The molecule has 0 atom stereocenters. The summed E-state index contributed by atoms with van der Waals surface area (Å²) in [6, 6.07) is 5.21. The van der Waals surface area contributed by atoms with Crippen molar-refractivity contribution in [2.24, 2.45) is 5.41 Å². The highest BCUT2D eigenvalue weighted by molar-refractivity contribution is 5.44. The third-order valence-electron chi connectivity index (χ3n) is 2.58. The van der Waals surface area contributed by atoms with Crippen LogP contribution in [0.4, 0.5) is 5.69 Å². The van der Waals surface area contributed by atoms with E-state index in [0.717, 1.165) is 17.7 Å². The summed E-state index contributed by atoms with van der Waals surface area (Å²) in [5.74, 6) is 0. The average molecular weight is 236 g/mol. The minimum Gasteiger partial charge on any atom is -0.312 e. The molecule has 4 heteroatoms. The van der Waals surface area contributed by atoms with Gasteiger partial charge < -0.3 is 5.32 Å². The van der Waals surface area contributed by atoms with Crippen LogP contribution in [0.25, 0.3) is 0 Å². The van der Waals surface area contributed by atoms with Crippen molar-refractivity contribution in [1.29, 1.82) is 0 Å². The van der Waals surface area contributed by atoms with Crippen molar-refractivity contribution in [2.75, 3.05) is 6.54 Å². The van der Waals surface area contributed by atoms with Gasteiger partial charge in [0, 0.05) is 24.7 Å². The average Bonchev–Trinajstić information content (AvgIpc) is 2.18. The third-order valence-corrected chi connectivity index (χ3v) is 2.58. The van der Waals surface area contributed by atoms with Gasteiger partial charge in [-0.1, -0.05) is 32.9 Å². The maximum absolute atomic E-state index is 10.8. The van der Waals surface area contributed by atoms with Crippen molar-refractivity contribution in [3.05, 3.63) is 39.4 Å². The first kappa shape index (κ1) is 13.6. The lowest BCUT2D eigenvalue weighted by Crippen LogP contribution is -2.26. The zero-order valence-corrected chi connectivity index (χ0v) is 10.9. The Hall–Kier alpha value is -1.42. The first-order chi connectivity index (χ1) is 7.81. The fraction of sp³-hybridized carbons (Fsp3) is 0.538. The smallest absolute Gasteiger partial charge is 0.272 e. The zero-order valence-electron chi connectivity index (χ0n) is 10.9. The normalized spacial score (nSPS) is 11.5. The molecule has 0 unspecified atom stereocenters. The van der Waals surface area contributed by atoms with Crippen LogP contribution in [-0.4, -0.2) is 11.5 Å². The van der Waals surface area contributed by atoms with Crippen LogP contribution in [0, 0.1) is 22.5 Å². The minimum atomic E-state index is -0.331. The quantitative estimate of drug-likeness (QED) is 0.645. The van der Waals surface area contributed by atoms with Gasteiger partial charge in [0.2, 0.25) is 0 Å². The molecule has 0 spiro atoms. The van der Waals surface area contributed by atoms with Crippen molar-refractivity contribution in [3.63, 3.8) is 0 Å². The van der Waals surface area contributed by atoms with Crippen LogP contribution < -0.4 is 5.32 Å². The topological polar surface area (TPSA) is 55.2 Å². The number of nitro groups is 1. The first-order valence-electron chi connectivity index (χ1n) is 5.75. The monoisotopic (exact) mass is 236 g/mol. The summed E-state index contributed by atoms with van der Waals surface area (Å²) in [6.07, 6.45) is 0. The van der Waals surface area contributed by atoms with Crippen LogP contribution >= 0.6 is 0 Å². The molecule has 4 nitrogen and oxygen atoms in total. The molecule has 0 amide bonds. The van der Waals surface area contributed by atoms with E-state index in [9.17, 15) is 10.1 Å². The number of nitrogens with zero attached hydrogens (tertiary/aromatic N) is 1. The van der Waals surface area contributed by atoms with E-state index in [4.69, 9.17) is 0 Å². The minimum absolute atomic E-state index is 0.194. The van der Waals surface area contributed by atoms with Gasteiger partial charge in [0.15, 0.2) is 0 Å². The van der Waals surface area contributed by atoms with Gasteiger partial charge in [-0.05, 0) is 17.9 Å². The summed E-state index contributed by atoms with van der Waals surface area (Å²) in [5, 5.41) is 14.1. The molecule has 94 valence electrons. The molecule has 0 aliphatic heterocycles. The Morgan fingerprint density at radius 1 is 1.35 bits per heavy atom. The van der Waals surface area contributed by atoms with Crippen molar-refractivity contribution in [3.8, 4) is 0 Å². The molecule has 17 heavy (non-hydrogen) atoms. The van der Waals surface area contributed by atoms with Gasteiger partial charge in [0.25, 0.3) is 5.69 Å². The zero-order chi connectivity index (χ0) is 13.1. The highest BCUT2D eigenvalue weighted by Gasteiger charge is 2.14. The van der Waals surface area contributed by atoms with Crippen LogP contribution in [0.5, 0.6) is 0 Å². The van der Waals surface area contributed by atoms with Gasteiger partial charge in [-0.25, -0.2) is 0 Å². The molecule has 0 fully saturated rings. The summed E-state index contributed by atoms with van der Waals surface area (Å²) in [4.78, 5) is 10.5. The van der Waals surface area contributed by atoms with E-state index >= 15 is 0 Å². The number of hydrogen-bond acceptors (Lipinski definition) is 3. The fourth-order valence-corrected chi connectivity index (χ4v) is 1.63. The second kappa shape index (κ2) is 5.27. The molecule has 0 aromatic heterocycles. The maximum atomic E-state index is 10.8. The molecular weight excluding hydrogens is 216 g/mol. The molecule has 0 heterocycles. The van der Waals surface area contributed by atoms with E-state index in [2.05, 4.69) is 26.1 Å². The van der Waals surface area contributed by atoms with Crippen molar-refractivity contribution in [2.45, 2.75) is 34.2 Å². The molecule has 0 radical (unpaired) electrons. The Morgan fingerprint density at radius 2 is 2.00 bits per heavy atom. The van der Waals surface area contributed by atoms with Crippen LogP contribution in [0.2, 0.25) is 0 Å². The molecule has 0 saturated heterocycles. The van der Waals surface area contributed by atoms with Crippen LogP contribution in [0.15, 0.2) is 18.2 Å². The predicted octanol–water partition coefficient (Wildman–Crippen LogP) is 3.04. The van der Waals surface area contributed by atoms with E-state index in [1.807, 2.05) is 6.07 Å². The van der Waals surface area contributed by atoms with E-state index in [-0.39, 0.29) is 16.0 Å². The number of benzene rings is 1. The number of nitro benzene ring substituents is 1. The third kappa shape index (κ3) is 4.15. The summed E-state index contributed by atoms with van der Waals surface area (Å²) in [7, 11) is 0. The Labute approximate surface area is 102 Å². The van der Waals surface area contributed by atoms with E-state index in [0.29, 0.717) is 6.54 Å². The first-order valence-corrected chi connectivity index (χ1v) is 5.75. The summed E-state index contributed by atoms with van der Waals surface area (Å²) in [5.41, 5.74) is 2.15. The summed E-state index contributed by atoms with van der Waals surface area (Å²) < 4.78 is 0. The molecule has 1 N–H and O–H groups in total. The lowest BCUT2D eigenvalue weighted by atomic mass is 9.97. The molecule has 1 aromatic rings. The van der Waals surface area contributed by atoms with Gasteiger partial charge in [-0.3, -0.25) is 10.1 Å². The van der Waals surface area contributed by atoms with Gasteiger partial charge in [-0.2, -0.15) is 0 Å². The largest absolute Gasteiger partial charge is 0.312 e. The molecule has 1 rings (SSSR count). The van der Waals surface area contributed by atoms with Crippen LogP contribution in [0.3, 0.4) is 0 Å². The Kier molecular flexibility index (Phi) is 4.23. The van der Waals surface area contributed by atoms with Crippen LogP contribution in [0.1, 0.15) is 31.9 Å². The Balaban J connectivity index is 2.72. The molecule has 1 aromatic carbocycles. The van der Waals surface area contributed by atoms with E-state index in [1.165, 1.54) is 0 Å². The molecular formula is C13H20N2O2. The molecule has 0 saturated carbocycles. The van der Waals surface area contributed by atoms with Gasteiger partial charge in [0.1, 0.15) is 0 Å². The SMILES string of the molecule is Cc1c(CNCC(C)(C)C)cccc1[N+](=O)[O-]. The van der Waals surface area contributed by atoms with E-state index in [1.54, 1.807) is 19.1 Å². The maximum Gasteiger partial charge on any atom is 0.272 e. The molecule has 0 aliphatic rings. The summed E-state index contributed by atoms with van der Waals surface area (Å²) >= 11 is 0. The molecule has 0 aliphatic carbocycles. The number of hydrogen-bond donors (Lipinski definition) is 1. The second-order valence-electron chi connectivity index (χ2n) is 5.48. The van der Waals surface area contributed by atoms with E-state index < -0.39 is 0 Å². The highest BCUT2D eigenvalue weighted by atomic mass is 16.6. The lowest BCUT2D eigenvalue weighted by Gasteiger charge is -2.19. The van der Waals surface area contributed by atoms with Gasteiger partial charge in [-0.15, -0.1) is 0 Å². The van der Waals surface area contributed by atoms with Gasteiger partial charge in [0.05, 0.1) is 4.92 Å². The van der Waals surface area contributed by atoms with Crippen molar-refractivity contribution >= 4 is 5.69 Å². The number of nitrogens with one attached hydrogen (secondary N) is 1. The highest BCUT2D eigenvalue weighted by Crippen LogP contribution is 2.21. The number of rotatable bonds is 4. The van der Waals surface area contributed by atoms with Crippen LogP contribution in [-0.2, 0) is 6.54 Å². The van der Waals surface area contributed by atoms with Gasteiger partial charge >= 0.3 is 0 Å². The standard InChI is InChI=1S/C13H20N2O2/c1-10-11(8-14-9-13(2,3)4)6-5-7-12(10)15(16)17/h5-7,14H,8-9H2,1-4H3. The van der Waals surface area contributed by atoms with Crippen molar-refractivity contribution in [1.82, 2.24) is 5.32 Å². The lowest BCUT2D eigenvalue weighted by molar-refractivity contribution is -0.385. The predicted molar refractivity (Wildman–Crippen MR) is 69.0 cm³/mol. The van der Waals surface area contributed by atoms with Crippen molar-refractivity contribution < 1.29 is 4.92 Å². The Morgan fingerprint density at radius 3 is 2.53 bits per heavy atom. The second-order valence-corrected chi connectivity index (χ2v) is 5.48.